The van der Waals surface area contributed by atoms with Crippen molar-refractivity contribution in [2.45, 2.75) is 13.5 Å². The van der Waals surface area contributed by atoms with Crippen LogP contribution in [0.5, 0.6) is 11.5 Å². The van der Waals surface area contributed by atoms with Crippen LogP contribution >= 0.6 is 0 Å². The minimum atomic E-state index is -2.98. The van der Waals surface area contributed by atoms with Crippen LogP contribution < -0.4 is 9.47 Å². The van der Waals surface area contributed by atoms with Gasteiger partial charge in [-0.15, -0.1) is 0 Å². The van der Waals surface area contributed by atoms with Gasteiger partial charge in [-0.2, -0.15) is 8.78 Å². The third kappa shape index (κ3) is 4.68. The van der Waals surface area contributed by atoms with Crippen molar-refractivity contribution < 1.29 is 33.0 Å². The van der Waals surface area contributed by atoms with E-state index in [2.05, 4.69) is 4.74 Å². The SMILES string of the molecule is CCOc1cc(/C=C/C(=O)C(=O)O)ccc1OC(F)F. The van der Waals surface area contributed by atoms with E-state index in [9.17, 15) is 18.4 Å². The zero-order valence-electron chi connectivity index (χ0n) is 10.5. The highest BCUT2D eigenvalue weighted by Gasteiger charge is 2.11. The van der Waals surface area contributed by atoms with E-state index in [4.69, 9.17) is 9.84 Å². The Morgan fingerprint density at radius 1 is 1.35 bits per heavy atom. The molecule has 0 bridgehead atoms. The summed E-state index contributed by atoms with van der Waals surface area (Å²) in [5.74, 6) is -2.72. The standard InChI is InChI=1S/C13H12F2O5/c1-2-19-11-7-8(3-5-9(16)12(17)18)4-6-10(11)20-13(14)15/h3-7,13H,2H2,1H3,(H,17,18)/b5-3+. The second-order valence-corrected chi connectivity index (χ2v) is 3.52. The number of ether oxygens (including phenoxy) is 2. The summed E-state index contributed by atoms with van der Waals surface area (Å²) in [4.78, 5) is 21.2. The minimum Gasteiger partial charge on any atom is -0.490 e. The Labute approximate surface area is 113 Å². The second kappa shape index (κ2) is 7.22. The van der Waals surface area contributed by atoms with Crippen LogP contribution in [0.25, 0.3) is 6.08 Å². The van der Waals surface area contributed by atoms with Crippen molar-refractivity contribution in [3.05, 3.63) is 29.8 Å². The molecule has 5 nitrogen and oxygen atoms in total. The van der Waals surface area contributed by atoms with E-state index >= 15 is 0 Å². The Morgan fingerprint density at radius 3 is 2.60 bits per heavy atom. The van der Waals surface area contributed by atoms with Gasteiger partial charge in [0.25, 0.3) is 5.78 Å². The summed E-state index contributed by atoms with van der Waals surface area (Å²) in [6, 6.07) is 4.01. The summed E-state index contributed by atoms with van der Waals surface area (Å²) >= 11 is 0. The lowest BCUT2D eigenvalue weighted by molar-refractivity contribution is -0.146. The number of carboxylic acids is 1. The summed E-state index contributed by atoms with van der Waals surface area (Å²) in [5, 5.41) is 8.41. The number of carboxylic acid groups (broad SMARTS) is 1. The van der Waals surface area contributed by atoms with E-state index in [1.54, 1.807) is 6.92 Å². The molecule has 0 heterocycles. The van der Waals surface area contributed by atoms with Gasteiger partial charge < -0.3 is 14.6 Å². The average Bonchev–Trinajstić information content (AvgIpc) is 2.38. The van der Waals surface area contributed by atoms with Crippen LogP contribution in [0.2, 0.25) is 0 Å². The van der Waals surface area contributed by atoms with E-state index in [0.29, 0.717) is 5.56 Å². The number of benzene rings is 1. The zero-order valence-corrected chi connectivity index (χ0v) is 10.5. The lowest BCUT2D eigenvalue weighted by atomic mass is 10.1. The highest BCUT2D eigenvalue weighted by molar-refractivity contribution is 6.38. The number of hydrogen-bond acceptors (Lipinski definition) is 4. The second-order valence-electron chi connectivity index (χ2n) is 3.52. The molecule has 0 radical (unpaired) electrons. The molecule has 0 aliphatic rings. The normalized spacial score (nSPS) is 10.8. The first-order chi connectivity index (χ1) is 9.43. The predicted molar refractivity (Wildman–Crippen MR) is 65.9 cm³/mol. The molecule has 108 valence electrons. The molecule has 20 heavy (non-hydrogen) atoms. The largest absolute Gasteiger partial charge is 0.490 e. The monoisotopic (exact) mass is 286 g/mol. The predicted octanol–water partition coefficient (Wildman–Crippen LogP) is 2.35. The van der Waals surface area contributed by atoms with Gasteiger partial charge in [0.15, 0.2) is 11.5 Å². The minimum absolute atomic E-state index is 0.0812. The first-order valence-electron chi connectivity index (χ1n) is 5.61. The highest BCUT2D eigenvalue weighted by Crippen LogP contribution is 2.30. The van der Waals surface area contributed by atoms with Crippen LogP contribution in [0.1, 0.15) is 12.5 Å². The van der Waals surface area contributed by atoms with E-state index in [0.717, 1.165) is 6.08 Å². The van der Waals surface area contributed by atoms with Crippen molar-refractivity contribution >= 4 is 17.8 Å². The number of ketones is 1. The van der Waals surface area contributed by atoms with Crippen molar-refractivity contribution in [3.63, 3.8) is 0 Å². The fourth-order valence-electron chi connectivity index (χ4n) is 1.33. The maximum Gasteiger partial charge on any atom is 0.387 e. The number of hydrogen-bond donors (Lipinski definition) is 1. The number of carbonyl (C=O) groups excluding carboxylic acids is 1. The number of halogens is 2. The van der Waals surface area contributed by atoms with Crippen LogP contribution in [0.15, 0.2) is 24.3 Å². The summed E-state index contributed by atoms with van der Waals surface area (Å²) in [6.07, 6.45) is 2.10. The van der Waals surface area contributed by atoms with Crippen molar-refractivity contribution in [3.8, 4) is 11.5 Å². The summed E-state index contributed by atoms with van der Waals surface area (Å²) < 4.78 is 33.8. The Balaban J connectivity index is 2.97. The maximum atomic E-state index is 12.2. The molecule has 0 saturated carbocycles. The average molecular weight is 286 g/mol. The van der Waals surface area contributed by atoms with Crippen LogP contribution in [-0.4, -0.2) is 30.1 Å². The van der Waals surface area contributed by atoms with E-state index in [1.807, 2.05) is 0 Å². The van der Waals surface area contributed by atoms with Crippen molar-refractivity contribution in [1.29, 1.82) is 0 Å². The molecule has 0 aliphatic heterocycles. The Bertz CT molecular complexity index is 525. The number of aliphatic carboxylic acids is 1. The molecule has 0 spiro atoms. The van der Waals surface area contributed by atoms with Crippen LogP contribution in [0.3, 0.4) is 0 Å². The van der Waals surface area contributed by atoms with E-state index < -0.39 is 18.4 Å². The zero-order chi connectivity index (χ0) is 15.1. The fraction of sp³-hybridized carbons (Fsp3) is 0.231. The van der Waals surface area contributed by atoms with Crippen molar-refractivity contribution in [2.75, 3.05) is 6.61 Å². The third-order valence-corrected chi connectivity index (χ3v) is 2.12. The van der Waals surface area contributed by atoms with Gasteiger partial charge in [0.05, 0.1) is 6.61 Å². The van der Waals surface area contributed by atoms with E-state index in [1.165, 1.54) is 24.3 Å². The first-order valence-corrected chi connectivity index (χ1v) is 5.61. The van der Waals surface area contributed by atoms with Gasteiger partial charge in [-0.3, -0.25) is 4.79 Å². The Morgan fingerprint density at radius 2 is 2.05 bits per heavy atom. The summed E-state index contributed by atoms with van der Waals surface area (Å²) in [5.41, 5.74) is 0.421. The van der Waals surface area contributed by atoms with Gasteiger partial charge in [0.1, 0.15) is 0 Å². The molecule has 0 aromatic heterocycles. The van der Waals surface area contributed by atoms with E-state index in [-0.39, 0.29) is 18.1 Å². The van der Waals surface area contributed by atoms with Crippen molar-refractivity contribution in [1.82, 2.24) is 0 Å². The summed E-state index contributed by atoms with van der Waals surface area (Å²) in [6.45, 7) is -1.08. The van der Waals surface area contributed by atoms with Gasteiger partial charge in [0, 0.05) is 0 Å². The van der Waals surface area contributed by atoms with Crippen molar-refractivity contribution in [2.24, 2.45) is 0 Å². The molecule has 0 aliphatic carbocycles. The molecule has 0 fully saturated rings. The number of alkyl halides is 2. The van der Waals surface area contributed by atoms with Gasteiger partial charge in [-0.1, -0.05) is 12.1 Å². The number of rotatable bonds is 7. The van der Waals surface area contributed by atoms with Gasteiger partial charge in [-0.25, -0.2) is 4.79 Å². The molecule has 1 N–H and O–H groups in total. The molecule has 0 amide bonds. The molecule has 0 saturated heterocycles. The first kappa shape index (κ1) is 15.6. The number of carbonyl (C=O) groups is 2. The highest BCUT2D eigenvalue weighted by atomic mass is 19.3. The van der Waals surface area contributed by atoms with Gasteiger partial charge >= 0.3 is 12.6 Å². The molecule has 1 aromatic carbocycles. The topological polar surface area (TPSA) is 72.8 Å². The molecular formula is C13H12F2O5. The quantitative estimate of drug-likeness (QED) is 0.615. The summed E-state index contributed by atoms with van der Waals surface area (Å²) in [7, 11) is 0. The molecule has 1 rings (SSSR count). The Hall–Kier alpha value is -2.44. The fourth-order valence-corrected chi connectivity index (χ4v) is 1.33. The smallest absolute Gasteiger partial charge is 0.387 e. The van der Waals surface area contributed by atoms with Gasteiger partial charge in [-0.05, 0) is 30.7 Å². The lowest BCUT2D eigenvalue weighted by Gasteiger charge is -2.11. The molecule has 1 aromatic rings. The van der Waals surface area contributed by atoms with Crippen LogP contribution in [0.4, 0.5) is 8.78 Å². The maximum absolute atomic E-state index is 12.2. The third-order valence-electron chi connectivity index (χ3n) is 2.12. The van der Waals surface area contributed by atoms with Crippen LogP contribution in [-0.2, 0) is 9.59 Å². The molecule has 7 heteroatoms. The lowest BCUT2D eigenvalue weighted by Crippen LogP contribution is -2.08. The van der Waals surface area contributed by atoms with Gasteiger partial charge in [0.2, 0.25) is 0 Å². The molecular weight excluding hydrogens is 274 g/mol. The van der Waals surface area contributed by atoms with Crippen LogP contribution in [0, 0.1) is 0 Å². The molecule has 0 atom stereocenters. The Kier molecular flexibility index (Phi) is 5.64. The molecule has 0 unspecified atom stereocenters.